The van der Waals surface area contributed by atoms with Gasteiger partial charge < -0.3 is 23.9 Å². The van der Waals surface area contributed by atoms with Crippen molar-refractivity contribution in [2.24, 2.45) is 0 Å². The lowest BCUT2D eigenvalue weighted by Crippen LogP contribution is -2.51. The van der Waals surface area contributed by atoms with E-state index in [9.17, 15) is 19.2 Å². The average molecular weight is 425 g/mol. The number of ketones is 1. The van der Waals surface area contributed by atoms with Crippen LogP contribution >= 0.6 is 0 Å². The Labute approximate surface area is 179 Å². The summed E-state index contributed by atoms with van der Waals surface area (Å²) in [7, 11) is 0. The second kappa shape index (κ2) is 8.63. The van der Waals surface area contributed by atoms with Crippen LogP contribution in [0.15, 0.2) is 41.0 Å². The summed E-state index contributed by atoms with van der Waals surface area (Å²) in [5.41, 5.74) is 0.983. The Balaban J connectivity index is 1.35. The molecule has 0 N–H and O–H groups in total. The SMILES string of the molecule is CC(=O)c1ccc2c(c1)N(CCC(=O)N1CCN(C(=O)c3ccco3)CC1)C(=O)CO2. The van der Waals surface area contributed by atoms with Crippen LogP contribution in [0.2, 0.25) is 0 Å². The van der Waals surface area contributed by atoms with E-state index >= 15 is 0 Å². The lowest BCUT2D eigenvalue weighted by molar-refractivity contribution is -0.132. The second-order valence-electron chi connectivity index (χ2n) is 7.47. The Morgan fingerprint density at radius 2 is 1.77 bits per heavy atom. The second-order valence-corrected chi connectivity index (χ2v) is 7.47. The van der Waals surface area contributed by atoms with Gasteiger partial charge in [-0.05, 0) is 37.3 Å². The van der Waals surface area contributed by atoms with Gasteiger partial charge in [-0.15, -0.1) is 0 Å². The fourth-order valence-electron chi connectivity index (χ4n) is 3.75. The van der Waals surface area contributed by atoms with Crippen LogP contribution in [-0.4, -0.2) is 72.6 Å². The van der Waals surface area contributed by atoms with Crippen LogP contribution in [-0.2, 0) is 9.59 Å². The number of rotatable bonds is 5. The van der Waals surface area contributed by atoms with Gasteiger partial charge in [0.15, 0.2) is 18.2 Å². The maximum atomic E-state index is 12.7. The summed E-state index contributed by atoms with van der Waals surface area (Å²) in [5.74, 6) is 0.160. The van der Waals surface area contributed by atoms with Gasteiger partial charge in [0.05, 0.1) is 12.0 Å². The number of ether oxygens (including phenoxy) is 1. The molecule has 1 aromatic carbocycles. The molecule has 0 atom stereocenters. The highest BCUT2D eigenvalue weighted by Gasteiger charge is 2.29. The molecule has 0 unspecified atom stereocenters. The minimum absolute atomic E-state index is 0.0892. The third-order valence-corrected chi connectivity index (χ3v) is 5.51. The van der Waals surface area contributed by atoms with Crippen LogP contribution in [0.3, 0.4) is 0 Å². The van der Waals surface area contributed by atoms with Crippen molar-refractivity contribution in [1.29, 1.82) is 0 Å². The summed E-state index contributed by atoms with van der Waals surface area (Å²) in [4.78, 5) is 54.0. The zero-order valence-electron chi connectivity index (χ0n) is 17.2. The van der Waals surface area contributed by atoms with E-state index in [1.807, 2.05) is 0 Å². The molecule has 0 saturated carbocycles. The smallest absolute Gasteiger partial charge is 0.289 e. The summed E-state index contributed by atoms with van der Waals surface area (Å²) in [6.45, 7) is 3.24. The molecule has 31 heavy (non-hydrogen) atoms. The first-order chi connectivity index (χ1) is 14.9. The predicted octanol–water partition coefficient (Wildman–Crippen LogP) is 1.58. The largest absolute Gasteiger partial charge is 0.482 e. The third kappa shape index (κ3) is 4.30. The minimum Gasteiger partial charge on any atom is -0.482 e. The molecule has 4 rings (SSSR count). The summed E-state index contributed by atoms with van der Waals surface area (Å²) in [5, 5.41) is 0. The summed E-state index contributed by atoms with van der Waals surface area (Å²) >= 11 is 0. The van der Waals surface area contributed by atoms with Crippen LogP contribution in [0, 0.1) is 0 Å². The molecule has 9 heteroatoms. The zero-order valence-corrected chi connectivity index (χ0v) is 17.2. The molecule has 0 aliphatic carbocycles. The summed E-state index contributed by atoms with van der Waals surface area (Å²) in [6.07, 6.45) is 1.60. The zero-order chi connectivity index (χ0) is 22.0. The van der Waals surface area contributed by atoms with E-state index in [4.69, 9.17) is 9.15 Å². The molecule has 1 aromatic heterocycles. The fraction of sp³-hybridized carbons (Fsp3) is 0.364. The van der Waals surface area contributed by atoms with Gasteiger partial charge in [-0.1, -0.05) is 0 Å². The van der Waals surface area contributed by atoms with E-state index in [-0.39, 0.29) is 48.8 Å². The molecule has 0 spiro atoms. The van der Waals surface area contributed by atoms with Crippen molar-refractivity contribution in [1.82, 2.24) is 9.80 Å². The maximum absolute atomic E-state index is 12.7. The van der Waals surface area contributed by atoms with Crippen molar-refractivity contribution >= 4 is 29.2 Å². The molecule has 1 fully saturated rings. The number of Topliss-reactive ketones (excluding diaryl/α,β-unsaturated/α-hetero) is 1. The van der Waals surface area contributed by atoms with Gasteiger partial charge in [0.1, 0.15) is 5.75 Å². The van der Waals surface area contributed by atoms with Gasteiger partial charge in [-0.3, -0.25) is 19.2 Å². The van der Waals surface area contributed by atoms with Crippen molar-refractivity contribution in [2.45, 2.75) is 13.3 Å². The number of hydrogen-bond donors (Lipinski definition) is 0. The number of hydrogen-bond acceptors (Lipinski definition) is 6. The van der Waals surface area contributed by atoms with E-state index < -0.39 is 0 Å². The van der Waals surface area contributed by atoms with Gasteiger partial charge in [0.25, 0.3) is 11.8 Å². The highest BCUT2D eigenvalue weighted by molar-refractivity contribution is 6.01. The highest BCUT2D eigenvalue weighted by Crippen LogP contribution is 2.33. The Morgan fingerprint density at radius 1 is 1.03 bits per heavy atom. The fourth-order valence-corrected chi connectivity index (χ4v) is 3.75. The summed E-state index contributed by atoms with van der Waals surface area (Å²) in [6, 6.07) is 8.23. The van der Waals surface area contributed by atoms with Gasteiger partial charge in [0.2, 0.25) is 5.91 Å². The molecule has 2 aliphatic rings. The van der Waals surface area contributed by atoms with Crippen LogP contribution in [0.1, 0.15) is 34.3 Å². The lowest BCUT2D eigenvalue weighted by Gasteiger charge is -2.35. The molecule has 1 saturated heterocycles. The minimum atomic E-state index is -0.255. The van der Waals surface area contributed by atoms with Crippen molar-refractivity contribution < 1.29 is 28.3 Å². The summed E-state index contributed by atoms with van der Waals surface area (Å²) < 4.78 is 10.6. The number of amides is 3. The predicted molar refractivity (Wildman–Crippen MR) is 110 cm³/mol. The van der Waals surface area contributed by atoms with Crippen molar-refractivity contribution in [3.05, 3.63) is 47.9 Å². The number of anilines is 1. The number of carbonyl (C=O) groups is 4. The number of piperazine rings is 1. The quantitative estimate of drug-likeness (QED) is 0.675. The van der Waals surface area contributed by atoms with E-state index in [1.165, 1.54) is 18.1 Å². The number of nitrogens with zero attached hydrogens (tertiary/aromatic N) is 3. The number of carbonyl (C=O) groups excluding carboxylic acids is 4. The van der Waals surface area contributed by atoms with Gasteiger partial charge in [-0.25, -0.2) is 0 Å². The Bertz CT molecular complexity index is 1010. The van der Waals surface area contributed by atoms with E-state index in [1.54, 1.807) is 40.1 Å². The Hall–Kier alpha value is -3.62. The van der Waals surface area contributed by atoms with Crippen molar-refractivity contribution in [3.8, 4) is 5.75 Å². The average Bonchev–Trinajstić information content (AvgIpc) is 3.32. The first-order valence-corrected chi connectivity index (χ1v) is 10.1. The van der Waals surface area contributed by atoms with Gasteiger partial charge in [-0.2, -0.15) is 0 Å². The molecule has 0 bridgehead atoms. The normalized spacial score (nSPS) is 16.0. The molecule has 9 nitrogen and oxygen atoms in total. The Morgan fingerprint density at radius 3 is 2.45 bits per heavy atom. The van der Waals surface area contributed by atoms with Crippen LogP contribution in [0.25, 0.3) is 0 Å². The molecule has 3 amide bonds. The Kier molecular flexibility index (Phi) is 5.75. The first-order valence-electron chi connectivity index (χ1n) is 10.1. The molecule has 162 valence electrons. The van der Waals surface area contributed by atoms with E-state index in [0.717, 1.165) is 0 Å². The van der Waals surface area contributed by atoms with E-state index in [0.29, 0.717) is 43.2 Å². The van der Waals surface area contributed by atoms with Crippen molar-refractivity contribution in [3.63, 3.8) is 0 Å². The molecule has 2 aromatic rings. The number of furan rings is 1. The molecular weight excluding hydrogens is 402 g/mol. The molecular formula is C22H23N3O6. The number of benzene rings is 1. The first kappa shape index (κ1) is 20.6. The molecule has 3 heterocycles. The van der Waals surface area contributed by atoms with Crippen LogP contribution in [0.5, 0.6) is 5.75 Å². The van der Waals surface area contributed by atoms with Crippen LogP contribution in [0.4, 0.5) is 5.69 Å². The topological polar surface area (TPSA) is 100 Å². The highest BCUT2D eigenvalue weighted by atomic mass is 16.5. The lowest BCUT2D eigenvalue weighted by atomic mass is 10.1. The van der Waals surface area contributed by atoms with E-state index in [2.05, 4.69) is 0 Å². The third-order valence-electron chi connectivity index (χ3n) is 5.51. The van der Waals surface area contributed by atoms with Crippen LogP contribution < -0.4 is 9.64 Å². The molecule has 2 aliphatic heterocycles. The molecule has 0 radical (unpaired) electrons. The van der Waals surface area contributed by atoms with Gasteiger partial charge >= 0.3 is 0 Å². The monoisotopic (exact) mass is 425 g/mol. The van der Waals surface area contributed by atoms with Crippen molar-refractivity contribution in [2.75, 3.05) is 44.2 Å². The standard InChI is InChI=1S/C22H23N3O6/c1-15(26)16-4-5-18-17(13-16)25(21(28)14-31-18)7-6-20(27)23-8-10-24(11-9-23)22(29)19-3-2-12-30-19/h2-5,12-13H,6-11,14H2,1H3. The van der Waals surface area contributed by atoms with Gasteiger partial charge in [0, 0.05) is 44.7 Å². The number of fused-ring (bicyclic) bond motifs is 1. The maximum Gasteiger partial charge on any atom is 0.289 e.